The molecule has 1 rings (SSSR count). The van der Waals surface area contributed by atoms with Gasteiger partial charge in [-0.05, 0) is 31.0 Å². The molecule has 0 unspecified atom stereocenters. The summed E-state index contributed by atoms with van der Waals surface area (Å²) < 4.78 is 33.4. The van der Waals surface area contributed by atoms with Gasteiger partial charge in [0.2, 0.25) is 0 Å². The van der Waals surface area contributed by atoms with E-state index in [1.807, 2.05) is 0 Å². The minimum absolute atomic E-state index is 0.123. The average molecular weight is 395 g/mol. The Balaban J connectivity index is 0.000000462. The van der Waals surface area contributed by atoms with E-state index in [0.717, 1.165) is 5.56 Å². The second-order valence-electron chi connectivity index (χ2n) is 6.69. The van der Waals surface area contributed by atoms with Crippen LogP contribution in [0.25, 0.3) is 0 Å². The number of hydrogen-bond acceptors (Lipinski definition) is 3. The quantitative estimate of drug-likeness (QED) is 0.275. The summed E-state index contributed by atoms with van der Waals surface area (Å²) in [5.74, 6) is 0. The largest absolute Gasteiger partial charge is 0.744 e. The summed E-state index contributed by atoms with van der Waals surface area (Å²) in [4.78, 5) is -0.123. The molecule has 0 aliphatic heterocycles. The monoisotopic (exact) mass is 394 g/mol. The van der Waals surface area contributed by atoms with Gasteiger partial charge in [0.05, 0.1) is 4.90 Å². The van der Waals surface area contributed by atoms with Crippen molar-refractivity contribution >= 4 is 45.9 Å². The third-order valence-electron chi connectivity index (χ3n) is 4.43. The van der Waals surface area contributed by atoms with Crippen LogP contribution in [0, 0.1) is 13.8 Å². The number of unbranched alkanes of at least 4 members (excludes halogenated alkanes) is 9. The van der Waals surface area contributed by atoms with Crippen molar-refractivity contribution in [2.45, 2.75) is 92.4 Å². The topological polar surface area (TPSA) is 57.2 Å². The first-order valence-electron chi connectivity index (χ1n) is 9.66. The zero-order valence-corrected chi connectivity index (χ0v) is 19.4. The Morgan fingerprint density at radius 3 is 1.76 bits per heavy atom. The van der Waals surface area contributed by atoms with Crippen LogP contribution in [0.3, 0.4) is 0 Å². The van der Waals surface area contributed by atoms with Gasteiger partial charge in [-0.2, -0.15) is 0 Å². The minimum Gasteiger partial charge on any atom is -0.744 e. The molecule has 0 bridgehead atoms. The Morgan fingerprint density at radius 1 is 0.880 bits per heavy atom. The molecule has 0 saturated carbocycles. The summed E-state index contributed by atoms with van der Waals surface area (Å²) in [6, 6.07) is 4.65. The molecule has 0 atom stereocenters. The molecule has 0 saturated heterocycles. The Morgan fingerprint density at radius 2 is 1.36 bits per heavy atom. The second kappa shape index (κ2) is 15.4. The van der Waals surface area contributed by atoms with E-state index in [1.165, 1.54) is 109 Å². The molecule has 0 aliphatic rings. The molecule has 0 N–H and O–H groups in total. The van der Waals surface area contributed by atoms with Crippen LogP contribution < -0.4 is 0 Å². The maximum absolute atomic E-state index is 10.7. The van der Waals surface area contributed by atoms with Crippen LogP contribution in [0.1, 0.15) is 82.3 Å². The van der Waals surface area contributed by atoms with E-state index < -0.39 is 10.1 Å². The van der Waals surface area contributed by atoms with Crippen molar-refractivity contribution in [1.82, 2.24) is 0 Å². The van der Waals surface area contributed by atoms with Gasteiger partial charge < -0.3 is 4.55 Å². The summed E-state index contributed by atoms with van der Waals surface area (Å²) in [7, 11) is -4.31. The molecule has 0 radical (unpaired) electrons. The molecule has 140 valence electrons. The molecule has 0 amide bonds. The summed E-state index contributed by atoms with van der Waals surface area (Å²) in [5, 5.41) is 0. The summed E-state index contributed by atoms with van der Waals surface area (Å²) >= 11 is 1.50. The summed E-state index contributed by atoms with van der Waals surface area (Å²) in [6.45, 7) is 5.68. The van der Waals surface area contributed by atoms with Gasteiger partial charge in [-0.25, -0.2) is 8.42 Å². The van der Waals surface area contributed by atoms with Gasteiger partial charge in [-0.1, -0.05) is 12.1 Å². The van der Waals surface area contributed by atoms with Gasteiger partial charge in [-0.3, -0.25) is 0 Å². The first-order chi connectivity index (χ1) is 11.8. The van der Waals surface area contributed by atoms with Gasteiger partial charge in [0, 0.05) is 0 Å². The first kappa shape index (κ1) is 25.4. The zero-order chi connectivity index (χ0) is 19.1. The Hall–Kier alpha value is 0.390. The summed E-state index contributed by atoms with van der Waals surface area (Å²) in [5.41, 5.74) is 1.35. The van der Waals surface area contributed by atoms with E-state index in [1.54, 1.807) is 26.0 Å². The predicted octanol–water partition coefficient (Wildman–Crippen LogP) is 5.70. The van der Waals surface area contributed by atoms with Crippen molar-refractivity contribution in [3.05, 3.63) is 29.3 Å². The SMILES string of the molecule is CCCCCCCCCCC[CH2][Ca+].Cc1cccc(S(=O)(=O)[O-])c1C. The van der Waals surface area contributed by atoms with Gasteiger partial charge in [0.1, 0.15) is 10.1 Å². The van der Waals surface area contributed by atoms with Crippen LogP contribution >= 0.6 is 0 Å². The molecule has 0 spiro atoms. The fraction of sp³-hybridized carbons (Fsp3) is 0.700. The van der Waals surface area contributed by atoms with Crippen molar-refractivity contribution in [3.8, 4) is 0 Å². The zero-order valence-electron chi connectivity index (χ0n) is 16.4. The van der Waals surface area contributed by atoms with Crippen LogP contribution in [0.15, 0.2) is 23.1 Å². The molecule has 0 aromatic heterocycles. The van der Waals surface area contributed by atoms with E-state index >= 15 is 0 Å². The number of aryl methyl sites for hydroxylation is 1. The van der Waals surface area contributed by atoms with Crippen molar-refractivity contribution < 1.29 is 13.0 Å². The molecular formula is C20H34CaO3S. The van der Waals surface area contributed by atoms with Crippen LogP contribution in [0.4, 0.5) is 0 Å². The maximum Gasteiger partial charge on any atom is 0.124 e. The molecule has 0 aliphatic carbocycles. The molecule has 3 nitrogen and oxygen atoms in total. The molecule has 0 heterocycles. The molecule has 1 aromatic rings. The van der Waals surface area contributed by atoms with Gasteiger partial charge in [-0.15, -0.1) is 0 Å². The van der Waals surface area contributed by atoms with E-state index in [9.17, 15) is 13.0 Å². The molecule has 5 heteroatoms. The molecular weight excluding hydrogens is 360 g/mol. The first-order valence-corrected chi connectivity index (χ1v) is 12.6. The minimum atomic E-state index is -4.31. The van der Waals surface area contributed by atoms with E-state index in [0.29, 0.717) is 5.56 Å². The van der Waals surface area contributed by atoms with Crippen molar-refractivity contribution in [1.29, 1.82) is 0 Å². The Labute approximate surface area is 179 Å². The fourth-order valence-electron chi connectivity index (χ4n) is 2.66. The smallest absolute Gasteiger partial charge is 0.124 e. The third-order valence-corrected chi connectivity index (χ3v) is 6.19. The molecule has 0 fully saturated rings. The normalized spacial score (nSPS) is 11.1. The standard InChI is InChI=1S/C12H25.C8H10O3S.Ca/c1-3-5-7-9-11-12-10-8-6-4-2;1-6-4-3-5-8(7(6)2)12(9,10)11;/h1,3-12H2,2H3;3-5H,1-2H3,(H,9,10,11);/q;;+1/p-1. The third kappa shape index (κ3) is 13.2. The van der Waals surface area contributed by atoms with Crippen molar-refractivity contribution in [2.24, 2.45) is 0 Å². The van der Waals surface area contributed by atoms with E-state index in [2.05, 4.69) is 6.92 Å². The fourth-order valence-corrected chi connectivity index (χ4v) is 3.99. The van der Waals surface area contributed by atoms with E-state index in [4.69, 9.17) is 0 Å². The maximum atomic E-state index is 10.7. The van der Waals surface area contributed by atoms with E-state index in [-0.39, 0.29) is 4.90 Å². The molecule has 25 heavy (non-hydrogen) atoms. The van der Waals surface area contributed by atoms with Crippen LogP contribution in [-0.4, -0.2) is 48.8 Å². The predicted molar refractivity (Wildman–Crippen MR) is 106 cm³/mol. The molecule has 1 aromatic carbocycles. The Kier molecular flexibility index (Phi) is 15.7. The van der Waals surface area contributed by atoms with Crippen molar-refractivity contribution in [2.75, 3.05) is 0 Å². The Bertz CT molecular complexity index is 546. The number of benzene rings is 1. The number of rotatable bonds is 11. The van der Waals surface area contributed by atoms with Gasteiger partial charge in [0.15, 0.2) is 0 Å². The van der Waals surface area contributed by atoms with Crippen LogP contribution in [0.2, 0.25) is 2.52 Å². The van der Waals surface area contributed by atoms with Crippen molar-refractivity contribution in [3.63, 3.8) is 0 Å². The summed E-state index contributed by atoms with van der Waals surface area (Å²) in [6.07, 6.45) is 14.7. The van der Waals surface area contributed by atoms with Gasteiger partial charge in [0.25, 0.3) is 0 Å². The number of hydrogen-bond donors (Lipinski definition) is 0. The van der Waals surface area contributed by atoms with Gasteiger partial charge >= 0.3 is 109 Å². The second-order valence-corrected chi connectivity index (χ2v) is 9.14. The van der Waals surface area contributed by atoms with Crippen LogP contribution in [0.5, 0.6) is 0 Å². The van der Waals surface area contributed by atoms with Crippen LogP contribution in [-0.2, 0) is 10.1 Å². The average Bonchev–Trinajstić information content (AvgIpc) is 2.55.